The van der Waals surface area contributed by atoms with Crippen LogP contribution in [-0.4, -0.2) is 25.5 Å². The van der Waals surface area contributed by atoms with E-state index in [1.807, 2.05) is 6.07 Å². The van der Waals surface area contributed by atoms with E-state index in [-0.39, 0.29) is 5.78 Å². The van der Waals surface area contributed by atoms with Gasteiger partial charge in [0.25, 0.3) is 0 Å². The smallest absolute Gasteiger partial charge is 0.196 e. The predicted octanol–water partition coefficient (Wildman–Crippen LogP) is 2.75. The zero-order valence-electron chi connectivity index (χ0n) is 11.4. The third-order valence-corrected chi connectivity index (χ3v) is 4.34. The first-order chi connectivity index (χ1) is 9.74. The Hall–Kier alpha value is -1.69. The zero-order chi connectivity index (χ0) is 13.9. The number of ketones is 1. The van der Waals surface area contributed by atoms with Crippen LogP contribution in [0.15, 0.2) is 28.4 Å². The summed E-state index contributed by atoms with van der Waals surface area (Å²) >= 11 is 1.55. The number of nitrogens with zero attached hydrogens (tertiary/aromatic N) is 4. The van der Waals surface area contributed by atoms with E-state index in [1.165, 1.54) is 26.2 Å². The minimum Gasteiger partial charge on any atom is -0.306 e. The van der Waals surface area contributed by atoms with Crippen LogP contribution in [0.4, 0.5) is 0 Å². The van der Waals surface area contributed by atoms with Gasteiger partial charge in [-0.1, -0.05) is 6.42 Å². The van der Waals surface area contributed by atoms with Gasteiger partial charge in [-0.25, -0.2) is 0 Å². The number of carbonyl (C=O) groups is 1. The van der Waals surface area contributed by atoms with Crippen LogP contribution in [-0.2, 0) is 13.0 Å². The van der Waals surface area contributed by atoms with Crippen molar-refractivity contribution in [1.29, 1.82) is 0 Å². The summed E-state index contributed by atoms with van der Waals surface area (Å²) in [7, 11) is 0. The Labute approximate surface area is 121 Å². The van der Waals surface area contributed by atoms with E-state index in [0.717, 1.165) is 28.8 Å². The molecule has 0 unspecified atom stereocenters. The number of fused-ring (bicyclic) bond motifs is 1. The van der Waals surface area contributed by atoms with Crippen LogP contribution in [0.1, 0.15) is 42.5 Å². The fourth-order valence-corrected chi connectivity index (χ4v) is 3.13. The maximum Gasteiger partial charge on any atom is 0.196 e. The van der Waals surface area contributed by atoms with Crippen molar-refractivity contribution in [1.82, 2.24) is 19.7 Å². The lowest BCUT2D eigenvalue weighted by atomic mass is 10.2. The Morgan fingerprint density at radius 1 is 1.25 bits per heavy atom. The van der Waals surface area contributed by atoms with E-state index < -0.39 is 0 Å². The number of aryl methyl sites for hydroxylation is 1. The van der Waals surface area contributed by atoms with Crippen molar-refractivity contribution < 1.29 is 4.79 Å². The minimum absolute atomic E-state index is 0.0158. The average Bonchev–Trinajstić information content (AvgIpc) is 2.69. The molecule has 0 bridgehead atoms. The highest BCUT2D eigenvalue weighted by Gasteiger charge is 2.15. The Morgan fingerprint density at radius 2 is 2.15 bits per heavy atom. The predicted molar refractivity (Wildman–Crippen MR) is 75.9 cm³/mol. The Kier molecular flexibility index (Phi) is 3.82. The minimum atomic E-state index is -0.0158. The maximum atomic E-state index is 11.2. The lowest BCUT2D eigenvalue weighted by Gasteiger charge is -2.06. The highest BCUT2D eigenvalue weighted by Crippen LogP contribution is 2.28. The quantitative estimate of drug-likeness (QED) is 0.813. The summed E-state index contributed by atoms with van der Waals surface area (Å²) in [6.07, 6.45) is 6.36. The molecule has 2 aromatic heterocycles. The molecule has 1 aliphatic rings. The molecule has 0 atom stereocenters. The second kappa shape index (κ2) is 5.75. The van der Waals surface area contributed by atoms with Crippen LogP contribution in [0.5, 0.6) is 0 Å². The number of rotatable bonds is 3. The molecule has 104 valence electrons. The molecule has 0 spiro atoms. The van der Waals surface area contributed by atoms with Crippen LogP contribution in [0.3, 0.4) is 0 Å². The summed E-state index contributed by atoms with van der Waals surface area (Å²) in [6.45, 7) is 2.51. The van der Waals surface area contributed by atoms with Gasteiger partial charge in [-0.05, 0) is 36.7 Å². The first-order valence-electron chi connectivity index (χ1n) is 6.81. The van der Waals surface area contributed by atoms with E-state index in [0.29, 0.717) is 5.69 Å². The number of carbonyl (C=O) groups excluding carboxylic acids is 1. The van der Waals surface area contributed by atoms with Gasteiger partial charge in [0.1, 0.15) is 11.5 Å². The van der Waals surface area contributed by atoms with E-state index >= 15 is 0 Å². The van der Waals surface area contributed by atoms with Crippen molar-refractivity contribution in [2.24, 2.45) is 0 Å². The van der Waals surface area contributed by atoms with Gasteiger partial charge in [0, 0.05) is 31.0 Å². The van der Waals surface area contributed by atoms with Crippen molar-refractivity contribution >= 4 is 17.5 Å². The van der Waals surface area contributed by atoms with E-state index in [4.69, 9.17) is 0 Å². The lowest BCUT2D eigenvalue weighted by Crippen LogP contribution is -2.02. The summed E-state index contributed by atoms with van der Waals surface area (Å²) in [5.74, 6) is 1.07. The summed E-state index contributed by atoms with van der Waals surface area (Å²) in [6, 6.07) is 3.66. The van der Waals surface area contributed by atoms with Crippen molar-refractivity contribution in [2.45, 2.75) is 49.2 Å². The molecule has 6 heteroatoms. The van der Waals surface area contributed by atoms with Crippen LogP contribution in [0, 0.1) is 0 Å². The molecule has 3 heterocycles. The molecular formula is C14H16N4OS. The first kappa shape index (κ1) is 13.3. The molecule has 3 rings (SSSR count). The van der Waals surface area contributed by atoms with Gasteiger partial charge in [-0.3, -0.25) is 9.78 Å². The molecule has 0 radical (unpaired) electrons. The number of pyridine rings is 1. The van der Waals surface area contributed by atoms with Crippen LogP contribution in [0.25, 0.3) is 0 Å². The Bertz CT molecular complexity index is 621. The molecule has 0 saturated carbocycles. The van der Waals surface area contributed by atoms with Crippen LogP contribution in [0.2, 0.25) is 0 Å². The molecule has 0 saturated heterocycles. The molecule has 0 aliphatic carbocycles. The molecule has 0 fully saturated rings. The summed E-state index contributed by atoms with van der Waals surface area (Å²) in [5.41, 5.74) is 0.495. The summed E-state index contributed by atoms with van der Waals surface area (Å²) in [5, 5.41) is 9.47. The van der Waals surface area contributed by atoms with E-state index in [2.05, 4.69) is 19.7 Å². The second-order valence-corrected chi connectivity index (χ2v) is 5.94. The summed E-state index contributed by atoms with van der Waals surface area (Å²) in [4.78, 5) is 16.4. The standard InChI is InChI=1S/C14H16N4OS/c1-10(19)12-7-6-11(9-15-12)20-14-17-16-13-5-3-2-4-8-18(13)14/h6-7,9H,2-5,8H2,1H3. The van der Waals surface area contributed by atoms with Gasteiger partial charge in [-0.2, -0.15) is 0 Å². The SMILES string of the molecule is CC(=O)c1ccc(Sc2nnc3n2CCCCC3)cn1. The fraction of sp³-hybridized carbons (Fsp3) is 0.429. The van der Waals surface area contributed by atoms with Crippen molar-refractivity contribution in [2.75, 3.05) is 0 Å². The molecule has 20 heavy (non-hydrogen) atoms. The average molecular weight is 288 g/mol. The highest BCUT2D eigenvalue weighted by molar-refractivity contribution is 7.99. The lowest BCUT2D eigenvalue weighted by molar-refractivity contribution is 0.101. The number of aromatic nitrogens is 4. The number of Topliss-reactive ketones (excluding diaryl/α,β-unsaturated/α-hetero) is 1. The maximum absolute atomic E-state index is 11.2. The van der Waals surface area contributed by atoms with Gasteiger partial charge in [0.15, 0.2) is 10.9 Å². The molecule has 0 N–H and O–H groups in total. The fourth-order valence-electron chi connectivity index (χ4n) is 2.29. The third-order valence-electron chi connectivity index (χ3n) is 3.38. The number of hydrogen-bond acceptors (Lipinski definition) is 5. The molecule has 1 aliphatic heterocycles. The molecule has 5 nitrogen and oxygen atoms in total. The topological polar surface area (TPSA) is 60.7 Å². The van der Waals surface area contributed by atoms with Gasteiger partial charge in [0.05, 0.1) is 0 Å². The van der Waals surface area contributed by atoms with Gasteiger partial charge < -0.3 is 4.57 Å². The molecule has 0 aromatic carbocycles. The Morgan fingerprint density at radius 3 is 2.90 bits per heavy atom. The zero-order valence-corrected chi connectivity index (χ0v) is 12.2. The van der Waals surface area contributed by atoms with Gasteiger partial charge in [0.2, 0.25) is 0 Å². The van der Waals surface area contributed by atoms with Crippen molar-refractivity contribution in [3.8, 4) is 0 Å². The largest absolute Gasteiger partial charge is 0.306 e. The normalized spacial score (nSPS) is 14.7. The highest BCUT2D eigenvalue weighted by atomic mass is 32.2. The Balaban J connectivity index is 1.81. The van der Waals surface area contributed by atoms with Crippen molar-refractivity contribution in [3.05, 3.63) is 29.8 Å². The molecular weight excluding hydrogens is 272 g/mol. The summed E-state index contributed by atoms with van der Waals surface area (Å²) < 4.78 is 2.20. The van der Waals surface area contributed by atoms with Gasteiger partial charge >= 0.3 is 0 Å². The van der Waals surface area contributed by atoms with Gasteiger partial charge in [-0.15, -0.1) is 10.2 Å². The van der Waals surface area contributed by atoms with Crippen LogP contribution >= 0.6 is 11.8 Å². The molecule has 0 amide bonds. The van der Waals surface area contributed by atoms with Crippen LogP contribution < -0.4 is 0 Å². The second-order valence-electron chi connectivity index (χ2n) is 4.90. The monoisotopic (exact) mass is 288 g/mol. The first-order valence-corrected chi connectivity index (χ1v) is 7.62. The third kappa shape index (κ3) is 2.75. The van der Waals surface area contributed by atoms with Crippen molar-refractivity contribution in [3.63, 3.8) is 0 Å². The van der Waals surface area contributed by atoms with E-state index in [1.54, 1.807) is 24.0 Å². The van der Waals surface area contributed by atoms with E-state index in [9.17, 15) is 4.79 Å². The number of hydrogen-bond donors (Lipinski definition) is 0. The molecule has 2 aromatic rings.